The minimum atomic E-state index is -3.67. The zero-order chi connectivity index (χ0) is 20.3. The Morgan fingerprint density at radius 2 is 1.83 bits per heavy atom. The molecule has 0 unspecified atom stereocenters. The summed E-state index contributed by atoms with van der Waals surface area (Å²) in [6.45, 7) is 0.0338. The summed E-state index contributed by atoms with van der Waals surface area (Å²) in [6, 6.07) is 12.6. The molecular weight excluding hydrogens is 406 g/mol. The van der Waals surface area contributed by atoms with Crippen molar-refractivity contribution in [3.8, 4) is 0 Å². The standard InChI is InChI=1S/C21H23N3O3S2/c25-20(24-21-23-18-8-2-1-3-9-19(18)28-21)12-13-22-29(26,27)17-11-10-15-6-4-5-7-16(15)14-17/h4-7,10-11,14,22H,1-3,8-9,12-13H2,(H,23,24,25). The number of benzene rings is 2. The van der Waals surface area contributed by atoms with E-state index in [1.807, 2.05) is 24.3 Å². The van der Waals surface area contributed by atoms with E-state index >= 15 is 0 Å². The fourth-order valence-corrected chi connectivity index (χ4v) is 5.61. The van der Waals surface area contributed by atoms with E-state index in [0.717, 1.165) is 35.7 Å². The highest BCUT2D eigenvalue weighted by Crippen LogP contribution is 2.29. The van der Waals surface area contributed by atoms with Crippen LogP contribution < -0.4 is 10.0 Å². The third-order valence-corrected chi connectivity index (χ3v) is 7.55. The summed E-state index contributed by atoms with van der Waals surface area (Å²) in [5.74, 6) is -0.241. The summed E-state index contributed by atoms with van der Waals surface area (Å²) in [5.41, 5.74) is 1.10. The number of thiazole rings is 1. The second kappa shape index (κ2) is 8.61. The molecule has 0 bridgehead atoms. The lowest BCUT2D eigenvalue weighted by molar-refractivity contribution is -0.116. The molecular formula is C21H23N3O3S2. The van der Waals surface area contributed by atoms with Gasteiger partial charge in [0.05, 0.1) is 10.6 Å². The first kappa shape index (κ1) is 20.0. The second-order valence-corrected chi connectivity index (χ2v) is 10.0. The van der Waals surface area contributed by atoms with Crippen molar-refractivity contribution in [2.24, 2.45) is 0 Å². The molecule has 0 saturated carbocycles. The summed E-state index contributed by atoms with van der Waals surface area (Å²) in [4.78, 5) is 18.2. The number of fused-ring (bicyclic) bond motifs is 2. The number of anilines is 1. The Kier molecular flexibility index (Phi) is 5.94. The number of aromatic nitrogens is 1. The first-order chi connectivity index (χ1) is 14.0. The maximum atomic E-state index is 12.5. The van der Waals surface area contributed by atoms with E-state index < -0.39 is 10.0 Å². The normalized spacial score (nSPS) is 14.3. The van der Waals surface area contributed by atoms with Crippen molar-refractivity contribution in [1.82, 2.24) is 9.71 Å². The van der Waals surface area contributed by atoms with Gasteiger partial charge >= 0.3 is 0 Å². The average molecular weight is 430 g/mol. The maximum Gasteiger partial charge on any atom is 0.240 e. The SMILES string of the molecule is O=C(CCNS(=O)(=O)c1ccc2ccccc2c1)Nc1nc2c(s1)CCCCC2. The molecule has 1 aliphatic rings. The zero-order valence-corrected chi connectivity index (χ0v) is 17.6. The van der Waals surface area contributed by atoms with Gasteiger partial charge < -0.3 is 5.32 Å². The van der Waals surface area contributed by atoms with Crippen molar-refractivity contribution in [3.05, 3.63) is 53.0 Å². The fourth-order valence-electron chi connectivity index (χ4n) is 3.48. The van der Waals surface area contributed by atoms with Crippen LogP contribution in [0.4, 0.5) is 5.13 Å². The molecule has 0 fully saturated rings. The summed E-state index contributed by atoms with van der Waals surface area (Å²) >= 11 is 1.53. The Balaban J connectivity index is 1.33. The molecule has 1 amide bonds. The molecule has 8 heteroatoms. The number of hydrogen-bond donors (Lipinski definition) is 2. The minimum absolute atomic E-state index is 0.0338. The third-order valence-electron chi connectivity index (χ3n) is 5.02. The molecule has 2 aromatic carbocycles. The average Bonchev–Trinajstić information content (AvgIpc) is 2.95. The number of hydrogen-bond acceptors (Lipinski definition) is 5. The molecule has 0 saturated heterocycles. The Morgan fingerprint density at radius 3 is 2.69 bits per heavy atom. The number of carbonyl (C=O) groups is 1. The van der Waals surface area contributed by atoms with E-state index in [9.17, 15) is 13.2 Å². The maximum absolute atomic E-state index is 12.5. The molecule has 1 heterocycles. The lowest BCUT2D eigenvalue weighted by atomic mass is 10.1. The first-order valence-corrected chi connectivity index (χ1v) is 12.1. The van der Waals surface area contributed by atoms with Gasteiger partial charge in [-0.3, -0.25) is 4.79 Å². The van der Waals surface area contributed by atoms with Gasteiger partial charge in [-0.2, -0.15) is 0 Å². The van der Waals surface area contributed by atoms with Crippen LogP contribution in [0.25, 0.3) is 10.8 Å². The molecule has 0 spiro atoms. The smallest absolute Gasteiger partial charge is 0.240 e. The molecule has 152 valence electrons. The van der Waals surface area contributed by atoms with Gasteiger partial charge in [-0.05, 0) is 48.6 Å². The van der Waals surface area contributed by atoms with E-state index in [2.05, 4.69) is 15.0 Å². The van der Waals surface area contributed by atoms with Gasteiger partial charge in [0, 0.05) is 17.8 Å². The second-order valence-electron chi connectivity index (χ2n) is 7.15. The summed E-state index contributed by atoms with van der Waals surface area (Å²) in [7, 11) is -3.67. The predicted molar refractivity (Wildman–Crippen MR) is 116 cm³/mol. The molecule has 29 heavy (non-hydrogen) atoms. The Morgan fingerprint density at radius 1 is 1.03 bits per heavy atom. The Bertz CT molecular complexity index is 1120. The van der Waals surface area contributed by atoms with E-state index in [1.54, 1.807) is 18.2 Å². The van der Waals surface area contributed by atoms with Crippen LogP contribution in [-0.2, 0) is 27.7 Å². The molecule has 1 aliphatic carbocycles. The van der Waals surface area contributed by atoms with Gasteiger partial charge in [0.2, 0.25) is 15.9 Å². The van der Waals surface area contributed by atoms with Crippen molar-refractivity contribution in [1.29, 1.82) is 0 Å². The number of carbonyl (C=O) groups excluding carboxylic acids is 1. The molecule has 3 aromatic rings. The van der Waals surface area contributed by atoms with Gasteiger partial charge in [0.15, 0.2) is 5.13 Å². The number of nitrogens with zero attached hydrogens (tertiary/aromatic N) is 1. The van der Waals surface area contributed by atoms with Crippen molar-refractivity contribution >= 4 is 43.2 Å². The lowest BCUT2D eigenvalue weighted by Crippen LogP contribution is -2.27. The third kappa shape index (κ3) is 4.83. The summed E-state index contributed by atoms with van der Waals surface area (Å²) < 4.78 is 27.6. The topological polar surface area (TPSA) is 88.2 Å². The van der Waals surface area contributed by atoms with Crippen LogP contribution in [0.5, 0.6) is 0 Å². The minimum Gasteiger partial charge on any atom is -0.302 e. The van der Waals surface area contributed by atoms with Crippen molar-refractivity contribution in [2.45, 2.75) is 43.4 Å². The van der Waals surface area contributed by atoms with Crippen molar-refractivity contribution in [2.75, 3.05) is 11.9 Å². The molecule has 1 aromatic heterocycles. The van der Waals surface area contributed by atoms with Crippen molar-refractivity contribution < 1.29 is 13.2 Å². The molecule has 4 rings (SSSR count). The van der Waals surface area contributed by atoms with Gasteiger partial charge in [-0.15, -0.1) is 11.3 Å². The van der Waals surface area contributed by atoms with Crippen LogP contribution in [0, 0.1) is 0 Å². The largest absolute Gasteiger partial charge is 0.302 e. The molecule has 0 atom stereocenters. The summed E-state index contributed by atoms with van der Waals surface area (Å²) in [5, 5.41) is 5.25. The molecule has 0 aliphatic heterocycles. The van der Waals surface area contributed by atoms with Crippen LogP contribution in [0.3, 0.4) is 0 Å². The first-order valence-electron chi connectivity index (χ1n) is 9.78. The quantitative estimate of drug-likeness (QED) is 0.582. The highest BCUT2D eigenvalue weighted by Gasteiger charge is 2.17. The van der Waals surface area contributed by atoms with E-state index in [-0.39, 0.29) is 23.8 Å². The van der Waals surface area contributed by atoms with Gasteiger partial charge in [-0.25, -0.2) is 18.1 Å². The fraction of sp³-hybridized carbons (Fsp3) is 0.333. The van der Waals surface area contributed by atoms with Gasteiger partial charge in [-0.1, -0.05) is 36.8 Å². The van der Waals surface area contributed by atoms with E-state index in [1.165, 1.54) is 29.1 Å². The zero-order valence-electron chi connectivity index (χ0n) is 16.0. The number of sulfonamides is 1. The highest BCUT2D eigenvalue weighted by molar-refractivity contribution is 7.89. The van der Waals surface area contributed by atoms with Gasteiger partial charge in [0.25, 0.3) is 0 Å². The van der Waals surface area contributed by atoms with E-state index in [0.29, 0.717) is 5.13 Å². The molecule has 0 radical (unpaired) electrons. The summed E-state index contributed by atoms with van der Waals surface area (Å²) in [6.07, 6.45) is 5.57. The van der Waals surface area contributed by atoms with Crippen molar-refractivity contribution in [3.63, 3.8) is 0 Å². The van der Waals surface area contributed by atoms with Crippen LogP contribution >= 0.6 is 11.3 Å². The van der Waals surface area contributed by atoms with Crippen LogP contribution in [0.2, 0.25) is 0 Å². The predicted octanol–water partition coefficient (Wildman–Crippen LogP) is 3.87. The van der Waals surface area contributed by atoms with Gasteiger partial charge in [0.1, 0.15) is 0 Å². The van der Waals surface area contributed by atoms with Crippen LogP contribution in [0.1, 0.15) is 36.3 Å². The highest BCUT2D eigenvalue weighted by atomic mass is 32.2. The molecule has 6 nitrogen and oxygen atoms in total. The van der Waals surface area contributed by atoms with Crippen LogP contribution in [-0.4, -0.2) is 25.9 Å². The molecule has 2 N–H and O–H groups in total. The van der Waals surface area contributed by atoms with E-state index in [4.69, 9.17) is 0 Å². The number of rotatable bonds is 6. The monoisotopic (exact) mass is 429 g/mol. The number of aryl methyl sites for hydroxylation is 2. The Labute approximate surface area is 174 Å². The number of nitrogens with one attached hydrogen (secondary N) is 2. The Hall–Kier alpha value is -2.29. The van der Waals surface area contributed by atoms with Crippen LogP contribution in [0.15, 0.2) is 47.4 Å². The lowest BCUT2D eigenvalue weighted by Gasteiger charge is -2.08. The number of amides is 1.